The summed E-state index contributed by atoms with van der Waals surface area (Å²) in [6, 6.07) is 11.4. The number of aryl methyl sites for hydroxylation is 1. The molecule has 0 fully saturated rings. The van der Waals surface area contributed by atoms with E-state index in [0.717, 1.165) is 35.5 Å². The molecule has 1 amide bonds. The zero-order chi connectivity index (χ0) is 20.9. The summed E-state index contributed by atoms with van der Waals surface area (Å²) in [5, 5.41) is 2.77. The van der Waals surface area contributed by atoms with Gasteiger partial charge in [0.25, 0.3) is 0 Å². The zero-order valence-corrected chi connectivity index (χ0v) is 16.3. The largest absolute Gasteiger partial charge is 0.463 e. The maximum Gasteiger partial charge on any atom is 0.433 e. The normalized spacial score (nSPS) is 11.4. The number of alkyl halides is 3. The molecule has 0 atom stereocenters. The van der Waals surface area contributed by atoms with E-state index in [1.807, 2.05) is 31.2 Å². The van der Waals surface area contributed by atoms with Crippen molar-refractivity contribution < 1.29 is 22.4 Å². The topological polar surface area (TPSA) is 68.0 Å². The molecule has 5 nitrogen and oxygen atoms in total. The van der Waals surface area contributed by atoms with Gasteiger partial charge in [0.1, 0.15) is 11.4 Å². The fourth-order valence-corrected chi connectivity index (χ4v) is 3.38. The van der Waals surface area contributed by atoms with Gasteiger partial charge in [0.15, 0.2) is 10.9 Å². The fourth-order valence-electron chi connectivity index (χ4n) is 2.58. The molecule has 1 aromatic carbocycles. The predicted octanol–water partition coefficient (Wildman–Crippen LogP) is 5.44. The van der Waals surface area contributed by atoms with Crippen molar-refractivity contribution in [1.29, 1.82) is 0 Å². The van der Waals surface area contributed by atoms with Crippen molar-refractivity contribution >= 4 is 23.4 Å². The van der Waals surface area contributed by atoms with Crippen LogP contribution in [0.5, 0.6) is 0 Å². The van der Waals surface area contributed by atoms with Gasteiger partial charge < -0.3 is 9.73 Å². The summed E-state index contributed by atoms with van der Waals surface area (Å²) in [5.74, 6) is 0.226. The molecule has 3 aromatic rings. The average Bonchev–Trinajstić information content (AvgIpc) is 3.22. The number of amides is 1. The van der Waals surface area contributed by atoms with Crippen LogP contribution in [0.4, 0.5) is 18.9 Å². The summed E-state index contributed by atoms with van der Waals surface area (Å²) in [6.07, 6.45) is -2.37. The predicted molar refractivity (Wildman–Crippen MR) is 105 cm³/mol. The van der Waals surface area contributed by atoms with Crippen molar-refractivity contribution in [1.82, 2.24) is 9.97 Å². The minimum Gasteiger partial charge on any atom is -0.463 e. The molecule has 0 radical (unpaired) electrons. The lowest BCUT2D eigenvalue weighted by molar-refractivity contribution is -0.141. The molecule has 29 heavy (non-hydrogen) atoms. The summed E-state index contributed by atoms with van der Waals surface area (Å²) in [7, 11) is 0. The van der Waals surface area contributed by atoms with Gasteiger partial charge in [0.2, 0.25) is 5.91 Å². The van der Waals surface area contributed by atoms with Crippen LogP contribution in [-0.2, 0) is 17.4 Å². The molecule has 0 saturated heterocycles. The quantitative estimate of drug-likeness (QED) is 0.406. The average molecular weight is 421 g/mol. The third-order valence-corrected chi connectivity index (χ3v) is 4.85. The molecule has 0 aliphatic rings. The maximum absolute atomic E-state index is 13.2. The summed E-state index contributed by atoms with van der Waals surface area (Å²) in [4.78, 5) is 19.9. The molecule has 3 rings (SSSR count). The van der Waals surface area contributed by atoms with Crippen LogP contribution in [0.3, 0.4) is 0 Å². The number of carbonyl (C=O) groups excluding carboxylic acids is 1. The number of rotatable bonds is 7. The highest BCUT2D eigenvalue weighted by Gasteiger charge is 2.34. The van der Waals surface area contributed by atoms with Gasteiger partial charge in [0, 0.05) is 17.9 Å². The van der Waals surface area contributed by atoms with E-state index in [2.05, 4.69) is 15.3 Å². The smallest absolute Gasteiger partial charge is 0.433 e. The third kappa shape index (κ3) is 5.60. The molecule has 9 heteroatoms. The minimum absolute atomic E-state index is 0.0427. The fraction of sp³-hybridized carbons (Fsp3) is 0.250. The van der Waals surface area contributed by atoms with Gasteiger partial charge in [-0.3, -0.25) is 4.79 Å². The highest BCUT2D eigenvalue weighted by atomic mass is 32.2. The van der Waals surface area contributed by atoms with Crippen LogP contribution < -0.4 is 5.32 Å². The lowest BCUT2D eigenvalue weighted by atomic mass is 10.1. The lowest BCUT2D eigenvalue weighted by Gasteiger charge is -2.10. The summed E-state index contributed by atoms with van der Waals surface area (Å²) in [6.45, 7) is 1.99. The molecule has 0 spiro atoms. The van der Waals surface area contributed by atoms with Crippen LogP contribution in [0.1, 0.15) is 24.6 Å². The number of nitrogens with zero attached hydrogens (tertiary/aromatic N) is 2. The number of benzene rings is 1. The molecule has 0 unspecified atom stereocenters. The molecule has 0 aliphatic heterocycles. The summed E-state index contributed by atoms with van der Waals surface area (Å²) >= 11 is 0.986. The number of hydrogen-bond donors (Lipinski definition) is 1. The Morgan fingerprint density at radius 2 is 1.97 bits per heavy atom. The first-order valence-electron chi connectivity index (χ1n) is 8.87. The van der Waals surface area contributed by atoms with Gasteiger partial charge in [0.05, 0.1) is 6.26 Å². The number of halogens is 3. The standard InChI is InChI=1S/C20H18F3N3O2S/c1-2-13-6-3-4-7-14(13)24-18(27)9-11-29-19-25-15(16-8-5-10-28-16)12-17(26-19)20(21,22)23/h3-8,10,12H,2,9,11H2,1H3,(H,24,27). The molecular weight excluding hydrogens is 403 g/mol. The SMILES string of the molecule is CCc1ccccc1NC(=O)CCSc1nc(-c2ccco2)cc(C(F)(F)F)n1. The molecule has 0 bridgehead atoms. The number of aromatic nitrogens is 2. The second-order valence-corrected chi connectivity index (χ2v) is 7.12. The van der Waals surface area contributed by atoms with Crippen LogP contribution in [0, 0.1) is 0 Å². The third-order valence-electron chi connectivity index (χ3n) is 4.00. The van der Waals surface area contributed by atoms with Crippen LogP contribution in [0.2, 0.25) is 0 Å². The molecule has 152 valence electrons. The van der Waals surface area contributed by atoms with E-state index in [4.69, 9.17) is 4.42 Å². The molecule has 0 saturated carbocycles. The number of carbonyl (C=O) groups is 1. The molecule has 1 N–H and O–H groups in total. The number of thioether (sulfide) groups is 1. The Morgan fingerprint density at radius 1 is 1.17 bits per heavy atom. The van der Waals surface area contributed by atoms with Crippen molar-refractivity contribution in [2.24, 2.45) is 0 Å². The Kier molecular flexibility index (Phi) is 6.58. The second kappa shape index (κ2) is 9.13. The Balaban J connectivity index is 1.67. The Labute approximate surface area is 169 Å². The Morgan fingerprint density at radius 3 is 2.66 bits per heavy atom. The minimum atomic E-state index is -4.61. The number of hydrogen-bond acceptors (Lipinski definition) is 5. The van der Waals surface area contributed by atoms with Gasteiger partial charge >= 0.3 is 6.18 Å². The molecule has 2 heterocycles. The van der Waals surface area contributed by atoms with Crippen LogP contribution in [-0.4, -0.2) is 21.6 Å². The van der Waals surface area contributed by atoms with Gasteiger partial charge in [-0.15, -0.1) is 0 Å². The van der Waals surface area contributed by atoms with Gasteiger partial charge in [-0.1, -0.05) is 36.9 Å². The van der Waals surface area contributed by atoms with E-state index in [9.17, 15) is 18.0 Å². The monoisotopic (exact) mass is 421 g/mol. The van der Waals surface area contributed by atoms with Crippen molar-refractivity contribution in [2.45, 2.75) is 31.1 Å². The van der Waals surface area contributed by atoms with Gasteiger partial charge in [-0.25, -0.2) is 9.97 Å². The van der Waals surface area contributed by atoms with Crippen LogP contribution in [0.25, 0.3) is 11.5 Å². The van der Waals surface area contributed by atoms with E-state index >= 15 is 0 Å². The number of anilines is 1. The number of para-hydroxylation sites is 1. The van der Waals surface area contributed by atoms with Gasteiger partial charge in [-0.05, 0) is 36.2 Å². The van der Waals surface area contributed by atoms with Crippen LogP contribution in [0.15, 0.2) is 58.3 Å². The lowest BCUT2D eigenvalue weighted by Crippen LogP contribution is -2.14. The first kappa shape index (κ1) is 20.9. The second-order valence-electron chi connectivity index (χ2n) is 6.05. The van der Waals surface area contributed by atoms with E-state index in [-0.39, 0.29) is 34.7 Å². The van der Waals surface area contributed by atoms with Crippen LogP contribution >= 0.6 is 11.8 Å². The van der Waals surface area contributed by atoms with E-state index < -0.39 is 11.9 Å². The summed E-state index contributed by atoms with van der Waals surface area (Å²) < 4.78 is 44.6. The maximum atomic E-state index is 13.2. The summed E-state index contributed by atoms with van der Waals surface area (Å²) in [5.41, 5.74) is 0.738. The van der Waals surface area contributed by atoms with Crippen molar-refractivity contribution in [3.63, 3.8) is 0 Å². The highest BCUT2D eigenvalue weighted by Crippen LogP contribution is 2.32. The molecule has 0 aliphatic carbocycles. The molecule has 2 aromatic heterocycles. The number of nitrogens with one attached hydrogen (secondary N) is 1. The van der Waals surface area contributed by atoms with Crippen molar-refractivity contribution in [2.75, 3.05) is 11.1 Å². The highest BCUT2D eigenvalue weighted by molar-refractivity contribution is 7.99. The Hall–Kier alpha value is -2.81. The first-order chi connectivity index (χ1) is 13.9. The first-order valence-corrected chi connectivity index (χ1v) is 9.86. The zero-order valence-electron chi connectivity index (χ0n) is 15.5. The molecular formula is C20H18F3N3O2S. The Bertz CT molecular complexity index is 975. The van der Waals surface area contributed by atoms with Crippen molar-refractivity contribution in [3.05, 3.63) is 60.0 Å². The van der Waals surface area contributed by atoms with Crippen molar-refractivity contribution in [3.8, 4) is 11.5 Å². The number of furan rings is 1. The van der Waals surface area contributed by atoms with E-state index in [0.29, 0.717) is 0 Å². The van der Waals surface area contributed by atoms with E-state index in [1.165, 1.54) is 12.3 Å². The van der Waals surface area contributed by atoms with E-state index in [1.54, 1.807) is 6.07 Å². The van der Waals surface area contributed by atoms with Gasteiger partial charge in [-0.2, -0.15) is 13.2 Å².